The third kappa shape index (κ3) is 0.940. The molecule has 0 radical (unpaired) electrons. The van der Waals surface area contributed by atoms with Crippen LogP contribution in [-0.2, 0) is 4.79 Å². The fourth-order valence-corrected chi connectivity index (χ4v) is 0.746. The van der Waals surface area contributed by atoms with Gasteiger partial charge in [0.2, 0.25) is 5.67 Å². The molecule has 1 heterocycles. The summed E-state index contributed by atoms with van der Waals surface area (Å²) in [6.45, 7) is -0.0810. The van der Waals surface area contributed by atoms with E-state index >= 15 is 0 Å². The standard InChI is InChI=1S/C5H8FN3O/c1-9-3-5(6,2-8-9)4(7)10/h2H,3H2,1H3,(H2,7,10). The molecule has 0 aromatic carbocycles. The van der Waals surface area contributed by atoms with Gasteiger partial charge in [0.05, 0.1) is 12.8 Å². The minimum atomic E-state index is -2.06. The van der Waals surface area contributed by atoms with Crippen LogP contribution >= 0.6 is 0 Å². The molecule has 1 unspecified atom stereocenters. The predicted octanol–water partition coefficient (Wildman–Crippen LogP) is -0.889. The van der Waals surface area contributed by atoms with Gasteiger partial charge in [-0.25, -0.2) is 4.39 Å². The quantitative estimate of drug-likeness (QED) is 0.520. The fraction of sp³-hybridized carbons (Fsp3) is 0.600. The maximum atomic E-state index is 13.0. The number of hydrogen-bond acceptors (Lipinski definition) is 3. The van der Waals surface area contributed by atoms with Crippen molar-refractivity contribution in [3.63, 3.8) is 0 Å². The zero-order valence-corrected chi connectivity index (χ0v) is 5.54. The number of nitrogens with two attached hydrogens (primary N) is 1. The molecule has 0 bridgehead atoms. The van der Waals surface area contributed by atoms with Crippen LogP contribution in [0.5, 0.6) is 0 Å². The van der Waals surface area contributed by atoms with Crippen LogP contribution in [0.4, 0.5) is 4.39 Å². The Bertz CT molecular complexity index is 193. The second kappa shape index (κ2) is 1.93. The SMILES string of the molecule is CN1CC(F)(C(N)=O)C=N1. The lowest BCUT2D eigenvalue weighted by Crippen LogP contribution is -2.44. The lowest BCUT2D eigenvalue weighted by atomic mass is 10.1. The number of amides is 1. The van der Waals surface area contributed by atoms with Gasteiger partial charge < -0.3 is 5.73 Å². The lowest BCUT2D eigenvalue weighted by Gasteiger charge is -2.12. The Morgan fingerprint density at radius 2 is 2.60 bits per heavy atom. The van der Waals surface area contributed by atoms with Crippen molar-refractivity contribution in [1.82, 2.24) is 5.01 Å². The van der Waals surface area contributed by atoms with Gasteiger partial charge in [-0.3, -0.25) is 9.80 Å². The third-order valence-corrected chi connectivity index (χ3v) is 1.33. The van der Waals surface area contributed by atoms with Crippen molar-refractivity contribution in [2.24, 2.45) is 10.8 Å². The Labute approximate surface area is 57.5 Å². The van der Waals surface area contributed by atoms with E-state index in [0.29, 0.717) is 0 Å². The second-order valence-corrected chi connectivity index (χ2v) is 2.29. The van der Waals surface area contributed by atoms with Crippen LogP contribution < -0.4 is 5.73 Å². The number of hydrogen-bond donors (Lipinski definition) is 1. The number of alkyl halides is 1. The zero-order valence-electron chi connectivity index (χ0n) is 5.54. The monoisotopic (exact) mass is 145 g/mol. The summed E-state index contributed by atoms with van der Waals surface area (Å²) in [6.07, 6.45) is 0.926. The summed E-state index contributed by atoms with van der Waals surface area (Å²) in [5.41, 5.74) is 2.70. The molecule has 0 aromatic heterocycles. The molecule has 5 heteroatoms. The maximum absolute atomic E-state index is 13.0. The molecule has 0 spiro atoms. The molecule has 10 heavy (non-hydrogen) atoms. The lowest BCUT2D eigenvalue weighted by molar-refractivity contribution is -0.125. The number of hydrazone groups is 1. The molecule has 56 valence electrons. The molecule has 2 N–H and O–H groups in total. The molecular weight excluding hydrogens is 137 g/mol. The minimum absolute atomic E-state index is 0.0810. The molecule has 0 aromatic rings. The van der Waals surface area contributed by atoms with E-state index in [1.54, 1.807) is 7.05 Å². The summed E-state index contributed by atoms with van der Waals surface area (Å²) >= 11 is 0. The summed E-state index contributed by atoms with van der Waals surface area (Å²) in [4.78, 5) is 10.4. The Balaban J connectivity index is 2.75. The first kappa shape index (κ1) is 6.98. The molecule has 1 amide bonds. The van der Waals surface area contributed by atoms with Crippen molar-refractivity contribution >= 4 is 12.1 Å². The van der Waals surface area contributed by atoms with Gasteiger partial charge in [0.1, 0.15) is 0 Å². The summed E-state index contributed by atoms with van der Waals surface area (Å²) < 4.78 is 13.0. The van der Waals surface area contributed by atoms with Crippen LogP contribution in [0.1, 0.15) is 0 Å². The summed E-state index contributed by atoms with van der Waals surface area (Å²) in [5.74, 6) is -0.986. The first-order chi connectivity index (χ1) is 4.54. The summed E-state index contributed by atoms with van der Waals surface area (Å²) in [6, 6.07) is 0. The van der Waals surface area contributed by atoms with Gasteiger partial charge in [-0.05, 0) is 0 Å². The van der Waals surface area contributed by atoms with E-state index < -0.39 is 11.6 Å². The molecule has 1 rings (SSSR count). The average molecular weight is 145 g/mol. The highest BCUT2D eigenvalue weighted by Crippen LogP contribution is 2.14. The van der Waals surface area contributed by atoms with Crippen LogP contribution in [0.2, 0.25) is 0 Å². The largest absolute Gasteiger partial charge is 0.366 e. The van der Waals surface area contributed by atoms with E-state index in [-0.39, 0.29) is 6.54 Å². The van der Waals surface area contributed by atoms with Crippen molar-refractivity contribution in [2.45, 2.75) is 5.67 Å². The van der Waals surface area contributed by atoms with Gasteiger partial charge in [0.15, 0.2) is 0 Å². The van der Waals surface area contributed by atoms with Crippen molar-refractivity contribution in [2.75, 3.05) is 13.6 Å². The van der Waals surface area contributed by atoms with E-state index in [9.17, 15) is 9.18 Å². The van der Waals surface area contributed by atoms with Gasteiger partial charge >= 0.3 is 0 Å². The van der Waals surface area contributed by atoms with Crippen LogP contribution in [0.25, 0.3) is 0 Å². The Hall–Kier alpha value is -1.13. The Kier molecular flexibility index (Phi) is 1.35. The molecule has 0 saturated heterocycles. The first-order valence-corrected chi connectivity index (χ1v) is 2.80. The highest BCUT2D eigenvalue weighted by molar-refractivity contribution is 6.01. The molecular formula is C5H8FN3O. The number of halogens is 1. The van der Waals surface area contributed by atoms with Crippen LogP contribution in [-0.4, -0.2) is 36.4 Å². The van der Waals surface area contributed by atoms with Gasteiger partial charge in [0.25, 0.3) is 5.91 Å². The number of rotatable bonds is 1. The molecule has 1 aliphatic rings. The van der Waals surface area contributed by atoms with E-state index in [4.69, 9.17) is 5.73 Å². The van der Waals surface area contributed by atoms with Crippen molar-refractivity contribution in [1.29, 1.82) is 0 Å². The maximum Gasteiger partial charge on any atom is 0.262 e. The number of carbonyl (C=O) groups is 1. The van der Waals surface area contributed by atoms with Gasteiger partial charge in [-0.1, -0.05) is 0 Å². The molecule has 0 aliphatic carbocycles. The molecule has 1 aliphatic heterocycles. The number of carbonyl (C=O) groups excluding carboxylic acids is 1. The van der Waals surface area contributed by atoms with E-state index in [0.717, 1.165) is 6.21 Å². The van der Waals surface area contributed by atoms with Crippen LogP contribution in [0.15, 0.2) is 5.10 Å². The van der Waals surface area contributed by atoms with Gasteiger partial charge in [-0.15, -0.1) is 0 Å². The molecule has 4 nitrogen and oxygen atoms in total. The van der Waals surface area contributed by atoms with E-state index in [1.807, 2.05) is 0 Å². The van der Waals surface area contributed by atoms with Crippen molar-refractivity contribution in [3.8, 4) is 0 Å². The fourth-order valence-electron chi connectivity index (χ4n) is 0.746. The first-order valence-electron chi connectivity index (χ1n) is 2.80. The summed E-state index contributed by atoms with van der Waals surface area (Å²) in [5, 5.41) is 4.87. The molecule has 0 fully saturated rings. The Morgan fingerprint density at radius 1 is 2.00 bits per heavy atom. The second-order valence-electron chi connectivity index (χ2n) is 2.29. The number of primary amides is 1. The number of nitrogens with zero attached hydrogens (tertiary/aromatic N) is 2. The summed E-state index contributed by atoms with van der Waals surface area (Å²) in [7, 11) is 1.57. The van der Waals surface area contributed by atoms with Crippen molar-refractivity contribution in [3.05, 3.63) is 0 Å². The van der Waals surface area contributed by atoms with Crippen molar-refractivity contribution < 1.29 is 9.18 Å². The van der Waals surface area contributed by atoms with E-state index in [2.05, 4.69) is 5.10 Å². The zero-order chi connectivity index (χ0) is 7.78. The predicted molar refractivity (Wildman–Crippen MR) is 34.2 cm³/mol. The third-order valence-electron chi connectivity index (χ3n) is 1.33. The Morgan fingerprint density at radius 3 is 2.80 bits per heavy atom. The van der Waals surface area contributed by atoms with Gasteiger partial charge in [-0.2, -0.15) is 5.10 Å². The van der Waals surface area contributed by atoms with Crippen LogP contribution in [0.3, 0.4) is 0 Å². The normalized spacial score (nSPS) is 31.2. The topological polar surface area (TPSA) is 58.7 Å². The van der Waals surface area contributed by atoms with E-state index in [1.165, 1.54) is 5.01 Å². The minimum Gasteiger partial charge on any atom is -0.366 e. The highest BCUT2D eigenvalue weighted by atomic mass is 19.1. The highest BCUT2D eigenvalue weighted by Gasteiger charge is 2.39. The molecule has 0 saturated carbocycles. The molecule has 1 atom stereocenters. The van der Waals surface area contributed by atoms with Gasteiger partial charge in [0, 0.05) is 7.05 Å². The van der Waals surface area contributed by atoms with Crippen LogP contribution in [0, 0.1) is 0 Å². The average Bonchev–Trinajstić information content (AvgIpc) is 2.13. The smallest absolute Gasteiger partial charge is 0.262 e.